The highest BCUT2D eigenvalue weighted by atomic mass is 79.9. The molecule has 0 aromatic heterocycles. The van der Waals surface area contributed by atoms with Gasteiger partial charge < -0.3 is 14.6 Å². The first-order chi connectivity index (χ1) is 13.1. The molecule has 0 aliphatic carbocycles. The number of epoxide rings is 1. The summed E-state index contributed by atoms with van der Waals surface area (Å²) in [6.07, 6.45) is 5.64. The number of unbranched alkanes of at least 4 members (excludes halogenated alkanes) is 1. The Bertz CT molecular complexity index is 639. The molecule has 148 valence electrons. The predicted octanol–water partition coefficient (Wildman–Crippen LogP) is 3.20. The number of ether oxygens (including phenoxy) is 2. The number of esters is 1. The van der Waals surface area contributed by atoms with E-state index in [9.17, 15) is 9.90 Å². The van der Waals surface area contributed by atoms with E-state index >= 15 is 0 Å². The molecule has 0 saturated carbocycles. The Morgan fingerprint density at radius 3 is 2.56 bits per heavy atom. The minimum Gasteiger partial charge on any atom is -0.462 e. The van der Waals surface area contributed by atoms with Crippen molar-refractivity contribution in [2.45, 2.75) is 80.3 Å². The summed E-state index contributed by atoms with van der Waals surface area (Å²) in [6, 6.07) is 10.0. The highest BCUT2D eigenvalue weighted by Crippen LogP contribution is 2.51. The maximum absolute atomic E-state index is 12.7. The van der Waals surface area contributed by atoms with E-state index in [4.69, 9.17) is 9.47 Å². The van der Waals surface area contributed by atoms with Crippen molar-refractivity contribution in [1.82, 2.24) is 4.90 Å². The van der Waals surface area contributed by atoms with Crippen LogP contribution in [0.2, 0.25) is 0 Å². The van der Waals surface area contributed by atoms with Crippen LogP contribution >= 0.6 is 15.9 Å². The SMILES string of the molecule is CCCCC(Br)N1C2CC(OC(=O)C(CO)c3ccccc3)CC1C1OC12. The Labute approximate surface area is 169 Å². The summed E-state index contributed by atoms with van der Waals surface area (Å²) in [5, 5.41) is 9.71. The normalized spacial score (nSPS) is 34.0. The van der Waals surface area contributed by atoms with Crippen molar-refractivity contribution in [3.63, 3.8) is 0 Å². The minimum absolute atomic E-state index is 0.0937. The molecular formula is C21H28BrNO4. The van der Waals surface area contributed by atoms with Crippen LogP contribution in [0.3, 0.4) is 0 Å². The third-order valence-electron chi connectivity index (χ3n) is 6.17. The third-order valence-corrected chi connectivity index (χ3v) is 7.10. The lowest BCUT2D eigenvalue weighted by atomic mass is 9.96. The molecule has 3 aliphatic rings. The number of nitrogens with zero attached hydrogens (tertiary/aromatic N) is 1. The average molecular weight is 438 g/mol. The third kappa shape index (κ3) is 3.82. The van der Waals surface area contributed by atoms with E-state index in [1.807, 2.05) is 30.3 Å². The minimum atomic E-state index is -0.610. The van der Waals surface area contributed by atoms with Crippen LogP contribution in [0.5, 0.6) is 0 Å². The van der Waals surface area contributed by atoms with Crippen LogP contribution in [0.1, 0.15) is 50.5 Å². The summed E-state index contributed by atoms with van der Waals surface area (Å²) in [5.41, 5.74) is 0.802. The van der Waals surface area contributed by atoms with Crippen molar-refractivity contribution in [3.8, 4) is 0 Å². The fourth-order valence-corrected chi connectivity index (χ4v) is 5.70. The molecular weight excluding hydrogens is 410 g/mol. The maximum Gasteiger partial charge on any atom is 0.316 e. The van der Waals surface area contributed by atoms with Gasteiger partial charge in [-0.25, -0.2) is 0 Å². The molecule has 3 aliphatic heterocycles. The number of hydrogen-bond acceptors (Lipinski definition) is 5. The lowest BCUT2D eigenvalue weighted by Gasteiger charge is -2.43. The summed E-state index contributed by atoms with van der Waals surface area (Å²) < 4.78 is 11.7. The van der Waals surface area contributed by atoms with Crippen molar-refractivity contribution in [3.05, 3.63) is 35.9 Å². The van der Waals surface area contributed by atoms with Gasteiger partial charge in [0.25, 0.3) is 0 Å². The summed E-state index contributed by atoms with van der Waals surface area (Å²) in [4.78, 5) is 15.6. The summed E-state index contributed by atoms with van der Waals surface area (Å²) in [7, 11) is 0. The Morgan fingerprint density at radius 1 is 1.30 bits per heavy atom. The van der Waals surface area contributed by atoms with Gasteiger partial charge in [0.05, 0.1) is 11.6 Å². The predicted molar refractivity (Wildman–Crippen MR) is 106 cm³/mol. The zero-order valence-electron chi connectivity index (χ0n) is 15.7. The highest BCUT2D eigenvalue weighted by Gasteiger charge is 2.65. The number of aliphatic hydroxyl groups excluding tert-OH is 1. The van der Waals surface area contributed by atoms with Crippen LogP contribution in [0.15, 0.2) is 30.3 Å². The van der Waals surface area contributed by atoms with Crippen LogP contribution < -0.4 is 0 Å². The van der Waals surface area contributed by atoms with Crippen LogP contribution in [-0.2, 0) is 14.3 Å². The highest BCUT2D eigenvalue weighted by molar-refractivity contribution is 9.09. The van der Waals surface area contributed by atoms with E-state index in [-0.39, 0.29) is 18.7 Å². The number of aliphatic hydroxyl groups is 1. The number of halogens is 1. The standard InChI is InChI=1S/C21H28BrNO4/c1-2-3-9-18(22)23-16-10-14(11-17(23)20-19(16)27-20)26-21(25)15(12-24)13-7-5-4-6-8-13/h4-8,14-20,24H,2-3,9-12H2,1H3. The van der Waals surface area contributed by atoms with Crippen molar-refractivity contribution in [2.24, 2.45) is 0 Å². The van der Waals surface area contributed by atoms with E-state index in [1.54, 1.807) is 0 Å². The summed E-state index contributed by atoms with van der Waals surface area (Å²) in [6.45, 7) is 1.98. The summed E-state index contributed by atoms with van der Waals surface area (Å²) in [5.74, 6) is -0.932. The Morgan fingerprint density at radius 2 is 1.96 bits per heavy atom. The molecule has 1 aromatic rings. The van der Waals surface area contributed by atoms with Gasteiger partial charge in [0, 0.05) is 24.9 Å². The molecule has 0 amide bonds. The number of fused-ring (bicyclic) bond motifs is 5. The van der Waals surface area contributed by atoms with E-state index in [0.29, 0.717) is 29.2 Å². The number of benzene rings is 1. The van der Waals surface area contributed by atoms with Gasteiger partial charge in [-0.3, -0.25) is 9.69 Å². The Kier molecular flexibility index (Phi) is 5.88. The first-order valence-electron chi connectivity index (χ1n) is 10.1. The summed E-state index contributed by atoms with van der Waals surface area (Å²) >= 11 is 3.87. The number of hydrogen-bond donors (Lipinski definition) is 1. The topological polar surface area (TPSA) is 62.3 Å². The Hall–Kier alpha value is -0.950. The number of piperidine rings is 1. The molecule has 3 saturated heterocycles. The van der Waals surface area contributed by atoms with E-state index in [2.05, 4.69) is 27.8 Å². The monoisotopic (exact) mass is 437 g/mol. The largest absolute Gasteiger partial charge is 0.462 e. The molecule has 5 nitrogen and oxygen atoms in total. The van der Waals surface area contributed by atoms with Gasteiger partial charge in [0.15, 0.2) is 0 Å². The molecule has 6 heteroatoms. The molecule has 1 aromatic carbocycles. The van der Waals surface area contributed by atoms with Crippen molar-refractivity contribution in [1.29, 1.82) is 0 Å². The lowest BCUT2D eigenvalue weighted by molar-refractivity contribution is -0.157. The van der Waals surface area contributed by atoms with Gasteiger partial charge in [-0.2, -0.15) is 0 Å². The lowest BCUT2D eigenvalue weighted by Crippen LogP contribution is -2.53. The van der Waals surface area contributed by atoms with Gasteiger partial charge in [-0.05, 0) is 12.0 Å². The average Bonchev–Trinajstić information content (AvgIpc) is 3.44. The Balaban J connectivity index is 1.39. The van der Waals surface area contributed by atoms with Gasteiger partial charge in [-0.15, -0.1) is 0 Å². The van der Waals surface area contributed by atoms with Crippen molar-refractivity contribution in [2.75, 3.05) is 6.61 Å². The van der Waals surface area contributed by atoms with Crippen LogP contribution in [0, 0.1) is 0 Å². The van der Waals surface area contributed by atoms with Crippen molar-refractivity contribution >= 4 is 21.9 Å². The smallest absolute Gasteiger partial charge is 0.316 e. The second-order valence-corrected chi connectivity index (χ2v) is 8.96. The second kappa shape index (κ2) is 8.19. The van der Waals surface area contributed by atoms with Crippen LogP contribution in [0.25, 0.3) is 0 Å². The molecule has 0 spiro atoms. The molecule has 3 heterocycles. The van der Waals surface area contributed by atoms with Crippen LogP contribution in [0.4, 0.5) is 0 Å². The fourth-order valence-electron chi connectivity index (χ4n) is 4.77. The second-order valence-electron chi connectivity index (χ2n) is 7.90. The maximum atomic E-state index is 12.7. The zero-order chi connectivity index (χ0) is 19.0. The van der Waals surface area contributed by atoms with Crippen molar-refractivity contribution < 1.29 is 19.4 Å². The van der Waals surface area contributed by atoms with Gasteiger partial charge in [-0.1, -0.05) is 66.0 Å². The fraction of sp³-hybridized carbons (Fsp3) is 0.667. The first kappa shape index (κ1) is 19.4. The molecule has 6 atom stereocenters. The number of carbonyl (C=O) groups excluding carboxylic acids is 1. The van der Waals surface area contributed by atoms with E-state index < -0.39 is 5.92 Å². The quantitative estimate of drug-likeness (QED) is 0.292. The van der Waals surface area contributed by atoms with E-state index in [0.717, 1.165) is 24.8 Å². The van der Waals surface area contributed by atoms with Gasteiger partial charge in [0.2, 0.25) is 0 Å². The van der Waals surface area contributed by atoms with E-state index in [1.165, 1.54) is 12.8 Å². The number of carbonyl (C=O) groups is 1. The number of rotatable bonds is 8. The molecule has 27 heavy (non-hydrogen) atoms. The van der Waals surface area contributed by atoms with Gasteiger partial charge >= 0.3 is 5.97 Å². The van der Waals surface area contributed by atoms with Gasteiger partial charge in [0.1, 0.15) is 24.2 Å². The molecule has 0 radical (unpaired) electrons. The number of alkyl halides is 1. The van der Waals surface area contributed by atoms with Crippen LogP contribution in [-0.4, -0.2) is 57.9 Å². The molecule has 1 N–H and O–H groups in total. The molecule has 2 bridgehead atoms. The molecule has 4 rings (SSSR count). The first-order valence-corrected chi connectivity index (χ1v) is 11.0. The molecule has 3 fully saturated rings. The molecule has 6 unspecified atom stereocenters. The number of morpholine rings is 1. The zero-order valence-corrected chi connectivity index (χ0v) is 17.3.